The molecule has 0 bridgehead atoms. The zero-order chi connectivity index (χ0) is 21.1. The number of imide groups is 1. The smallest absolute Gasteiger partial charge is 0.321 e. The fourth-order valence-electron chi connectivity index (χ4n) is 2.46. The maximum atomic E-state index is 14.4. The number of hydrogen-bond acceptors (Lipinski definition) is 5. The molecule has 0 saturated carbocycles. The number of rotatable bonds is 4. The minimum Gasteiger partial charge on any atom is -0.341 e. The van der Waals surface area contributed by atoms with Crippen molar-refractivity contribution < 1.29 is 18.4 Å². The first-order chi connectivity index (χ1) is 13.8. The van der Waals surface area contributed by atoms with Gasteiger partial charge in [0.15, 0.2) is 5.16 Å². The Balaban J connectivity index is 2.12. The Labute approximate surface area is 172 Å². The molecule has 3 rings (SSSR count). The van der Waals surface area contributed by atoms with Gasteiger partial charge in [0.1, 0.15) is 11.6 Å². The number of thioether (sulfide) groups is 1. The Morgan fingerprint density at radius 2 is 1.97 bits per heavy atom. The molecular formula is C18H13ClF2N4O3S. The molecule has 0 aliphatic carbocycles. The van der Waals surface area contributed by atoms with Crippen molar-refractivity contribution in [3.63, 3.8) is 0 Å². The van der Waals surface area contributed by atoms with Gasteiger partial charge < -0.3 is 5.32 Å². The fraction of sp³-hybridized carbons (Fsp3) is 0.111. The average Bonchev–Trinajstić information content (AvgIpc) is 2.68. The van der Waals surface area contributed by atoms with Crippen molar-refractivity contribution in [1.82, 2.24) is 20.2 Å². The predicted octanol–water partition coefficient (Wildman–Crippen LogP) is 2.87. The number of hydrogen-bond donors (Lipinski definition) is 2. The van der Waals surface area contributed by atoms with Crippen molar-refractivity contribution in [2.45, 2.75) is 5.16 Å². The summed E-state index contributed by atoms with van der Waals surface area (Å²) in [5, 5.41) is 4.70. The van der Waals surface area contributed by atoms with Crippen LogP contribution in [0.15, 0.2) is 46.3 Å². The first kappa shape index (κ1) is 20.7. The van der Waals surface area contributed by atoms with Gasteiger partial charge in [-0.1, -0.05) is 23.4 Å². The van der Waals surface area contributed by atoms with Crippen molar-refractivity contribution in [3.8, 4) is 5.69 Å². The topological polar surface area (TPSA) is 93.1 Å². The lowest BCUT2D eigenvalue weighted by molar-refractivity contribution is -0.117. The van der Waals surface area contributed by atoms with E-state index in [1.54, 1.807) is 0 Å². The molecule has 11 heteroatoms. The summed E-state index contributed by atoms with van der Waals surface area (Å²) in [4.78, 5) is 40.5. The van der Waals surface area contributed by atoms with Crippen LogP contribution in [0.2, 0.25) is 5.02 Å². The predicted molar refractivity (Wildman–Crippen MR) is 106 cm³/mol. The van der Waals surface area contributed by atoms with Gasteiger partial charge >= 0.3 is 6.03 Å². The molecule has 0 aliphatic rings. The van der Waals surface area contributed by atoms with Crippen molar-refractivity contribution in [3.05, 3.63) is 63.4 Å². The summed E-state index contributed by atoms with van der Waals surface area (Å²) in [7, 11) is 1.35. The molecule has 0 saturated heterocycles. The molecule has 7 nitrogen and oxygen atoms in total. The minimum atomic E-state index is -0.980. The Bertz CT molecular complexity index is 1190. The SMILES string of the molecule is CNC(=O)NC(=O)CSc1nc2ccc(Cl)cc2c(=O)n1-c1ccc(F)cc1F. The Kier molecular flexibility index (Phi) is 6.14. The van der Waals surface area contributed by atoms with Gasteiger partial charge in [-0.15, -0.1) is 0 Å². The van der Waals surface area contributed by atoms with E-state index in [1.807, 2.05) is 0 Å². The van der Waals surface area contributed by atoms with E-state index in [0.29, 0.717) is 6.07 Å². The molecule has 0 radical (unpaired) electrons. The highest BCUT2D eigenvalue weighted by atomic mass is 35.5. The molecule has 0 unspecified atom stereocenters. The third-order valence-electron chi connectivity index (χ3n) is 3.76. The molecule has 2 N–H and O–H groups in total. The van der Waals surface area contributed by atoms with Crippen LogP contribution in [0.1, 0.15) is 0 Å². The Morgan fingerprint density at radius 3 is 2.66 bits per heavy atom. The fourth-order valence-corrected chi connectivity index (χ4v) is 3.44. The number of carbonyl (C=O) groups excluding carboxylic acids is 2. The van der Waals surface area contributed by atoms with Crippen LogP contribution in [-0.2, 0) is 4.79 Å². The third kappa shape index (κ3) is 4.54. The Morgan fingerprint density at radius 1 is 1.21 bits per heavy atom. The number of nitrogens with zero attached hydrogens (tertiary/aromatic N) is 2. The van der Waals surface area contributed by atoms with E-state index in [2.05, 4.69) is 15.6 Å². The maximum absolute atomic E-state index is 14.4. The van der Waals surface area contributed by atoms with Crippen LogP contribution in [0, 0.1) is 11.6 Å². The molecule has 0 spiro atoms. The quantitative estimate of drug-likeness (QED) is 0.482. The summed E-state index contributed by atoms with van der Waals surface area (Å²) in [6, 6.07) is 6.47. The molecule has 0 fully saturated rings. The van der Waals surface area contributed by atoms with Gasteiger partial charge in [-0.3, -0.25) is 19.5 Å². The summed E-state index contributed by atoms with van der Waals surface area (Å²) >= 11 is 6.77. The number of nitrogens with one attached hydrogen (secondary N) is 2. The number of aromatic nitrogens is 2. The first-order valence-corrected chi connectivity index (χ1v) is 9.48. The number of fused-ring (bicyclic) bond motifs is 1. The third-order valence-corrected chi connectivity index (χ3v) is 4.94. The second-order valence-electron chi connectivity index (χ2n) is 5.71. The largest absolute Gasteiger partial charge is 0.341 e. The van der Waals surface area contributed by atoms with Gasteiger partial charge in [0.2, 0.25) is 5.91 Å². The van der Waals surface area contributed by atoms with E-state index >= 15 is 0 Å². The molecule has 150 valence electrons. The second-order valence-corrected chi connectivity index (χ2v) is 7.09. The highest BCUT2D eigenvalue weighted by molar-refractivity contribution is 7.99. The van der Waals surface area contributed by atoms with Crippen LogP contribution in [0.3, 0.4) is 0 Å². The van der Waals surface area contributed by atoms with Crippen molar-refractivity contribution >= 4 is 46.2 Å². The summed E-state index contributed by atoms with van der Waals surface area (Å²) in [6.45, 7) is 0. The average molecular weight is 439 g/mol. The molecule has 3 amide bonds. The van der Waals surface area contributed by atoms with E-state index in [0.717, 1.165) is 28.5 Å². The van der Waals surface area contributed by atoms with Crippen LogP contribution >= 0.6 is 23.4 Å². The molecule has 29 heavy (non-hydrogen) atoms. The number of benzene rings is 2. The van der Waals surface area contributed by atoms with Gasteiger partial charge in [-0.25, -0.2) is 18.6 Å². The molecule has 2 aromatic carbocycles. The van der Waals surface area contributed by atoms with E-state index in [1.165, 1.54) is 25.2 Å². The molecule has 1 aromatic heterocycles. The molecule has 0 atom stereocenters. The van der Waals surface area contributed by atoms with Crippen molar-refractivity contribution in [1.29, 1.82) is 0 Å². The maximum Gasteiger partial charge on any atom is 0.321 e. The number of amides is 3. The summed E-state index contributed by atoms with van der Waals surface area (Å²) in [6.07, 6.45) is 0. The van der Waals surface area contributed by atoms with Gasteiger partial charge in [0.25, 0.3) is 5.56 Å². The van der Waals surface area contributed by atoms with Gasteiger partial charge in [0.05, 0.1) is 22.3 Å². The van der Waals surface area contributed by atoms with Crippen LogP contribution in [0.25, 0.3) is 16.6 Å². The van der Waals surface area contributed by atoms with Crippen LogP contribution in [0.4, 0.5) is 13.6 Å². The zero-order valence-electron chi connectivity index (χ0n) is 14.8. The number of urea groups is 1. The molecule has 0 aliphatic heterocycles. The highest BCUT2D eigenvalue weighted by Gasteiger charge is 2.18. The van der Waals surface area contributed by atoms with E-state index in [9.17, 15) is 23.2 Å². The lowest BCUT2D eigenvalue weighted by Gasteiger charge is -2.14. The van der Waals surface area contributed by atoms with E-state index in [4.69, 9.17) is 11.6 Å². The number of halogens is 3. The molecular weight excluding hydrogens is 426 g/mol. The molecule has 1 heterocycles. The summed E-state index contributed by atoms with van der Waals surface area (Å²) in [5.41, 5.74) is -0.593. The van der Waals surface area contributed by atoms with Crippen LogP contribution in [0.5, 0.6) is 0 Å². The Hall–Kier alpha value is -2.98. The monoisotopic (exact) mass is 438 g/mol. The lowest BCUT2D eigenvalue weighted by Crippen LogP contribution is -2.38. The van der Waals surface area contributed by atoms with Gasteiger partial charge in [0, 0.05) is 18.1 Å². The standard InChI is InChI=1S/C18H13ClF2N4O3S/c1-22-17(28)24-15(26)8-29-18-23-13-4-2-9(19)6-11(13)16(27)25(18)14-5-3-10(20)7-12(14)21/h2-7H,8H2,1H3,(H2,22,24,26,28). The second kappa shape index (κ2) is 8.58. The normalized spacial score (nSPS) is 10.8. The van der Waals surface area contributed by atoms with Crippen LogP contribution < -0.4 is 16.2 Å². The first-order valence-electron chi connectivity index (χ1n) is 8.12. The van der Waals surface area contributed by atoms with Gasteiger partial charge in [-0.2, -0.15) is 0 Å². The highest BCUT2D eigenvalue weighted by Crippen LogP contribution is 2.24. The van der Waals surface area contributed by atoms with Crippen LogP contribution in [-0.4, -0.2) is 34.3 Å². The minimum absolute atomic E-state index is 0.0117. The summed E-state index contributed by atoms with van der Waals surface area (Å²) < 4.78 is 28.7. The van der Waals surface area contributed by atoms with Crippen molar-refractivity contribution in [2.75, 3.05) is 12.8 Å². The summed E-state index contributed by atoms with van der Waals surface area (Å²) in [5.74, 6) is -2.71. The van der Waals surface area contributed by atoms with Crippen molar-refractivity contribution in [2.24, 2.45) is 0 Å². The van der Waals surface area contributed by atoms with Gasteiger partial charge in [-0.05, 0) is 30.3 Å². The zero-order valence-corrected chi connectivity index (χ0v) is 16.4. The molecule has 3 aromatic rings. The lowest BCUT2D eigenvalue weighted by atomic mass is 10.2. The van der Waals surface area contributed by atoms with E-state index < -0.39 is 29.1 Å². The van der Waals surface area contributed by atoms with E-state index in [-0.39, 0.29) is 32.5 Å². The number of carbonyl (C=O) groups is 2.